The molecule has 228 valence electrons. The van der Waals surface area contributed by atoms with Crippen LogP contribution < -0.4 is 0 Å². The van der Waals surface area contributed by atoms with E-state index in [0.29, 0.717) is 6.42 Å². The zero-order valence-electron chi connectivity index (χ0n) is 21.5. The molecule has 3 saturated heterocycles. The van der Waals surface area contributed by atoms with Crippen molar-refractivity contribution in [1.82, 2.24) is 0 Å². The third-order valence-corrected chi connectivity index (χ3v) is 7.20. The molecule has 3 aliphatic heterocycles. The standard InChI is InChI=1S/C25H38O15/c26-8-13-16(30)18(32)20(34)24(37-13)39-21-17(31)14(9-27)38-25(35-7-6-11-4-2-1-3-5-11)22(21)40-23-19(33)15(29)12(28)10-36-23/h1-5,12-34H,6-10H2. The largest absolute Gasteiger partial charge is 0.394 e. The Hall–Kier alpha value is -1.38. The highest BCUT2D eigenvalue weighted by atomic mass is 16.8. The van der Waals surface area contributed by atoms with Crippen LogP contribution in [0.25, 0.3) is 0 Å². The van der Waals surface area contributed by atoms with Gasteiger partial charge in [-0.2, -0.15) is 0 Å². The van der Waals surface area contributed by atoms with Crippen molar-refractivity contribution in [2.45, 2.75) is 92.4 Å². The maximum Gasteiger partial charge on any atom is 0.187 e. The quantitative estimate of drug-likeness (QED) is 0.127. The molecule has 15 nitrogen and oxygen atoms in total. The van der Waals surface area contributed by atoms with Crippen LogP contribution in [0, 0.1) is 0 Å². The molecular weight excluding hydrogens is 540 g/mol. The van der Waals surface area contributed by atoms with Gasteiger partial charge in [-0.25, -0.2) is 0 Å². The van der Waals surface area contributed by atoms with Crippen LogP contribution in [0.5, 0.6) is 0 Å². The van der Waals surface area contributed by atoms with Gasteiger partial charge in [-0.15, -0.1) is 0 Å². The second-order valence-electron chi connectivity index (χ2n) is 9.97. The summed E-state index contributed by atoms with van der Waals surface area (Å²) in [4.78, 5) is 0. The molecule has 0 bridgehead atoms. The lowest BCUT2D eigenvalue weighted by Crippen LogP contribution is -2.66. The molecule has 0 amide bonds. The van der Waals surface area contributed by atoms with Crippen LogP contribution in [0.4, 0.5) is 0 Å². The molecule has 0 aromatic heterocycles. The van der Waals surface area contributed by atoms with Crippen molar-refractivity contribution in [3.63, 3.8) is 0 Å². The summed E-state index contributed by atoms with van der Waals surface area (Å²) in [6.07, 6.45) is -21.4. The Labute approximate surface area is 229 Å². The van der Waals surface area contributed by atoms with Gasteiger partial charge in [0, 0.05) is 0 Å². The van der Waals surface area contributed by atoms with Crippen molar-refractivity contribution in [3.05, 3.63) is 35.9 Å². The minimum atomic E-state index is -1.83. The fraction of sp³-hybridized carbons (Fsp3) is 0.760. The lowest BCUT2D eigenvalue weighted by atomic mass is 9.96. The zero-order chi connectivity index (χ0) is 29.0. The maximum atomic E-state index is 11.0. The summed E-state index contributed by atoms with van der Waals surface area (Å²) in [5.41, 5.74) is 0.937. The first-order valence-electron chi connectivity index (χ1n) is 13.0. The molecule has 3 fully saturated rings. The average Bonchev–Trinajstić information content (AvgIpc) is 2.96. The van der Waals surface area contributed by atoms with Gasteiger partial charge in [-0.05, 0) is 12.0 Å². The molecular formula is C25H38O15. The normalized spacial score (nSPS) is 44.4. The van der Waals surface area contributed by atoms with Crippen LogP contribution in [-0.2, 0) is 34.8 Å². The minimum Gasteiger partial charge on any atom is -0.394 e. The molecule has 0 aliphatic carbocycles. The first kappa shape index (κ1) is 31.6. The highest BCUT2D eigenvalue weighted by Crippen LogP contribution is 2.33. The van der Waals surface area contributed by atoms with Crippen LogP contribution in [0.3, 0.4) is 0 Å². The molecule has 14 atom stereocenters. The number of aliphatic hydroxyl groups is 9. The average molecular weight is 579 g/mol. The van der Waals surface area contributed by atoms with Gasteiger partial charge in [-0.1, -0.05) is 30.3 Å². The Morgan fingerprint density at radius 3 is 1.93 bits per heavy atom. The van der Waals surface area contributed by atoms with Crippen LogP contribution >= 0.6 is 0 Å². The third kappa shape index (κ3) is 6.97. The zero-order valence-corrected chi connectivity index (χ0v) is 21.5. The van der Waals surface area contributed by atoms with E-state index in [0.717, 1.165) is 5.56 Å². The van der Waals surface area contributed by atoms with Crippen LogP contribution in [0.15, 0.2) is 30.3 Å². The number of benzene rings is 1. The summed E-state index contributed by atoms with van der Waals surface area (Å²) < 4.78 is 34.1. The van der Waals surface area contributed by atoms with E-state index in [2.05, 4.69) is 0 Å². The number of hydrogen-bond acceptors (Lipinski definition) is 15. The van der Waals surface area contributed by atoms with E-state index in [9.17, 15) is 46.0 Å². The van der Waals surface area contributed by atoms with E-state index in [1.54, 1.807) is 0 Å². The summed E-state index contributed by atoms with van der Waals surface area (Å²) in [6, 6.07) is 9.31. The lowest BCUT2D eigenvalue weighted by molar-refractivity contribution is -0.386. The topological polar surface area (TPSA) is 237 Å². The Morgan fingerprint density at radius 2 is 1.25 bits per heavy atom. The fourth-order valence-corrected chi connectivity index (χ4v) is 4.80. The highest BCUT2D eigenvalue weighted by molar-refractivity contribution is 5.14. The second kappa shape index (κ2) is 14.2. The molecule has 1 aromatic rings. The molecule has 15 heteroatoms. The molecule has 14 unspecified atom stereocenters. The van der Waals surface area contributed by atoms with Crippen LogP contribution in [0.2, 0.25) is 0 Å². The predicted octanol–water partition coefficient (Wildman–Crippen LogP) is -4.67. The van der Waals surface area contributed by atoms with Gasteiger partial charge in [0.2, 0.25) is 0 Å². The Morgan fingerprint density at radius 1 is 0.650 bits per heavy atom. The SMILES string of the molecule is OCC1OC(OC2C(O)C(CO)OC(OCCc3ccccc3)C2OC2OCC(O)C(O)C2O)C(O)C(O)C1O. The van der Waals surface area contributed by atoms with E-state index in [1.807, 2.05) is 30.3 Å². The first-order chi connectivity index (χ1) is 19.2. The number of aliphatic hydroxyl groups excluding tert-OH is 9. The Balaban J connectivity index is 1.58. The smallest absolute Gasteiger partial charge is 0.187 e. The molecule has 3 aliphatic rings. The third-order valence-electron chi connectivity index (χ3n) is 7.20. The number of ether oxygens (including phenoxy) is 6. The van der Waals surface area contributed by atoms with E-state index in [1.165, 1.54) is 0 Å². The van der Waals surface area contributed by atoms with Gasteiger partial charge >= 0.3 is 0 Å². The van der Waals surface area contributed by atoms with Gasteiger partial charge in [0.05, 0.1) is 26.4 Å². The molecule has 40 heavy (non-hydrogen) atoms. The van der Waals surface area contributed by atoms with Gasteiger partial charge in [0.15, 0.2) is 18.9 Å². The van der Waals surface area contributed by atoms with Crippen molar-refractivity contribution in [2.24, 2.45) is 0 Å². The highest BCUT2D eigenvalue weighted by Gasteiger charge is 2.53. The van der Waals surface area contributed by atoms with E-state index in [4.69, 9.17) is 28.4 Å². The van der Waals surface area contributed by atoms with Crippen molar-refractivity contribution < 1.29 is 74.4 Å². The van der Waals surface area contributed by atoms with Crippen molar-refractivity contribution in [3.8, 4) is 0 Å². The van der Waals surface area contributed by atoms with Crippen LogP contribution in [0.1, 0.15) is 5.56 Å². The molecule has 9 N–H and O–H groups in total. The Kier molecular flexibility index (Phi) is 11.2. The molecule has 3 heterocycles. The minimum absolute atomic E-state index is 0.0744. The van der Waals surface area contributed by atoms with Crippen molar-refractivity contribution >= 4 is 0 Å². The maximum absolute atomic E-state index is 11.0. The monoisotopic (exact) mass is 578 g/mol. The van der Waals surface area contributed by atoms with E-state index in [-0.39, 0.29) is 6.61 Å². The van der Waals surface area contributed by atoms with Gasteiger partial charge in [-0.3, -0.25) is 0 Å². The van der Waals surface area contributed by atoms with Gasteiger partial charge in [0.1, 0.15) is 67.1 Å². The predicted molar refractivity (Wildman–Crippen MR) is 129 cm³/mol. The first-order valence-corrected chi connectivity index (χ1v) is 13.0. The van der Waals surface area contributed by atoms with Gasteiger partial charge < -0.3 is 74.4 Å². The summed E-state index contributed by atoms with van der Waals surface area (Å²) in [7, 11) is 0. The van der Waals surface area contributed by atoms with Crippen LogP contribution in [-0.4, -0.2) is 158 Å². The van der Waals surface area contributed by atoms with Crippen molar-refractivity contribution in [2.75, 3.05) is 26.4 Å². The summed E-state index contributed by atoms with van der Waals surface area (Å²) >= 11 is 0. The fourth-order valence-electron chi connectivity index (χ4n) is 4.80. The molecule has 1 aromatic carbocycles. The summed E-state index contributed by atoms with van der Waals surface area (Å²) in [5, 5.41) is 91.6. The van der Waals surface area contributed by atoms with Crippen molar-refractivity contribution in [1.29, 1.82) is 0 Å². The van der Waals surface area contributed by atoms with Gasteiger partial charge in [0.25, 0.3) is 0 Å². The summed E-state index contributed by atoms with van der Waals surface area (Å²) in [5.74, 6) is 0. The van der Waals surface area contributed by atoms with E-state index >= 15 is 0 Å². The molecule has 0 saturated carbocycles. The Bertz CT molecular complexity index is 892. The number of hydrogen-bond donors (Lipinski definition) is 9. The molecule has 0 spiro atoms. The molecule has 4 rings (SSSR count). The second-order valence-corrected chi connectivity index (χ2v) is 9.97. The lowest BCUT2D eigenvalue weighted by Gasteiger charge is -2.48. The molecule has 0 radical (unpaired) electrons. The van der Waals surface area contributed by atoms with E-state index < -0.39 is 106 Å². The number of rotatable bonds is 10. The summed E-state index contributed by atoms with van der Waals surface area (Å²) in [6.45, 7) is -1.73.